The van der Waals surface area contributed by atoms with Crippen molar-refractivity contribution in [3.05, 3.63) is 47.8 Å². The summed E-state index contributed by atoms with van der Waals surface area (Å²) in [6.07, 6.45) is 0. The van der Waals surface area contributed by atoms with Gasteiger partial charge in [0.1, 0.15) is 11.6 Å². The van der Waals surface area contributed by atoms with Crippen molar-refractivity contribution in [3.8, 4) is 5.75 Å². The summed E-state index contributed by atoms with van der Waals surface area (Å²) in [5.41, 5.74) is 8.58. The molecule has 0 aliphatic carbocycles. The molecular weight excluding hydrogens is 255 g/mol. The number of methoxy groups -OCH3 is 1. The Morgan fingerprint density at radius 3 is 2.40 bits per heavy atom. The van der Waals surface area contributed by atoms with Gasteiger partial charge in [-0.15, -0.1) is 0 Å². The van der Waals surface area contributed by atoms with Gasteiger partial charge in [-0.2, -0.15) is 0 Å². The van der Waals surface area contributed by atoms with Gasteiger partial charge in [-0.25, -0.2) is 4.39 Å². The molecule has 0 bridgehead atoms. The molecule has 0 saturated heterocycles. The van der Waals surface area contributed by atoms with Crippen molar-refractivity contribution in [2.75, 3.05) is 24.3 Å². The Kier molecular flexibility index (Phi) is 4.13. The van der Waals surface area contributed by atoms with Crippen molar-refractivity contribution >= 4 is 17.1 Å². The number of aryl methyl sites for hydroxylation is 1. The molecule has 20 heavy (non-hydrogen) atoms. The van der Waals surface area contributed by atoms with Gasteiger partial charge in [0.2, 0.25) is 0 Å². The maximum Gasteiger partial charge on any atom is 0.149 e. The highest BCUT2D eigenvalue weighted by Gasteiger charge is 2.15. The quantitative estimate of drug-likeness (QED) is 0.860. The molecule has 0 atom stereocenters. The normalized spacial score (nSPS) is 10.4. The number of rotatable bonds is 4. The molecule has 0 aliphatic heterocycles. The topological polar surface area (TPSA) is 38.5 Å². The first kappa shape index (κ1) is 14.2. The van der Waals surface area contributed by atoms with E-state index in [9.17, 15) is 4.39 Å². The van der Waals surface area contributed by atoms with E-state index in [1.54, 1.807) is 6.07 Å². The highest BCUT2D eigenvalue weighted by Crippen LogP contribution is 2.34. The van der Waals surface area contributed by atoms with E-state index in [0.717, 1.165) is 5.69 Å². The maximum atomic E-state index is 14.2. The Labute approximate surface area is 118 Å². The number of halogens is 1. The summed E-state index contributed by atoms with van der Waals surface area (Å²) >= 11 is 0. The van der Waals surface area contributed by atoms with Crippen LogP contribution < -0.4 is 15.4 Å². The van der Waals surface area contributed by atoms with Gasteiger partial charge in [0, 0.05) is 24.4 Å². The Balaban J connectivity index is 2.48. The Morgan fingerprint density at radius 1 is 1.20 bits per heavy atom. The zero-order valence-corrected chi connectivity index (χ0v) is 12.0. The molecule has 2 aromatic carbocycles. The second kappa shape index (κ2) is 5.82. The number of hydrogen-bond acceptors (Lipinski definition) is 3. The number of nitrogens with two attached hydrogens (primary N) is 1. The van der Waals surface area contributed by atoms with E-state index >= 15 is 0 Å². The molecule has 0 fully saturated rings. The fourth-order valence-electron chi connectivity index (χ4n) is 2.16. The third kappa shape index (κ3) is 2.69. The molecule has 0 saturated carbocycles. The predicted octanol–water partition coefficient (Wildman–Crippen LogP) is 3.88. The molecule has 3 nitrogen and oxygen atoms in total. The molecule has 4 heteroatoms. The highest BCUT2D eigenvalue weighted by atomic mass is 19.1. The lowest BCUT2D eigenvalue weighted by Crippen LogP contribution is -2.17. The van der Waals surface area contributed by atoms with Crippen molar-refractivity contribution in [3.63, 3.8) is 0 Å². The molecule has 0 aliphatic rings. The first-order valence-corrected chi connectivity index (χ1v) is 6.54. The van der Waals surface area contributed by atoms with Crippen LogP contribution in [0.3, 0.4) is 0 Å². The largest absolute Gasteiger partial charge is 0.495 e. The van der Waals surface area contributed by atoms with Crippen LogP contribution in [0.1, 0.15) is 12.5 Å². The number of nitrogens with zero attached hydrogens (tertiary/aromatic N) is 1. The molecule has 2 rings (SSSR count). The first-order chi connectivity index (χ1) is 9.56. The van der Waals surface area contributed by atoms with E-state index in [1.807, 2.05) is 43.0 Å². The summed E-state index contributed by atoms with van der Waals surface area (Å²) in [4.78, 5) is 1.89. The minimum Gasteiger partial charge on any atom is -0.495 e. The van der Waals surface area contributed by atoms with E-state index < -0.39 is 0 Å². The van der Waals surface area contributed by atoms with Crippen LogP contribution in [-0.2, 0) is 0 Å². The van der Waals surface area contributed by atoms with Crippen molar-refractivity contribution in [2.24, 2.45) is 0 Å². The molecular formula is C16H19FN2O. The van der Waals surface area contributed by atoms with Gasteiger partial charge in [0.05, 0.1) is 18.5 Å². The van der Waals surface area contributed by atoms with Crippen LogP contribution in [0.4, 0.5) is 21.5 Å². The molecule has 0 unspecified atom stereocenters. The minimum atomic E-state index is -0.356. The summed E-state index contributed by atoms with van der Waals surface area (Å²) in [5, 5.41) is 0. The number of hydrogen-bond donors (Lipinski definition) is 1. The van der Waals surface area contributed by atoms with Crippen LogP contribution in [0, 0.1) is 12.7 Å². The maximum absolute atomic E-state index is 14.2. The second-order valence-electron chi connectivity index (χ2n) is 4.63. The summed E-state index contributed by atoms with van der Waals surface area (Å²) in [6.45, 7) is 4.64. The summed E-state index contributed by atoms with van der Waals surface area (Å²) < 4.78 is 19.4. The zero-order valence-electron chi connectivity index (χ0n) is 12.0. The van der Waals surface area contributed by atoms with Crippen LogP contribution in [0.5, 0.6) is 5.75 Å². The van der Waals surface area contributed by atoms with Crippen LogP contribution in [0.25, 0.3) is 0 Å². The third-order valence-corrected chi connectivity index (χ3v) is 3.25. The molecule has 0 spiro atoms. The molecule has 0 aromatic heterocycles. The van der Waals surface area contributed by atoms with Crippen LogP contribution >= 0.6 is 0 Å². The lowest BCUT2D eigenvalue weighted by Gasteiger charge is -2.24. The van der Waals surface area contributed by atoms with Crippen molar-refractivity contribution in [1.82, 2.24) is 0 Å². The molecule has 2 N–H and O–H groups in total. The third-order valence-electron chi connectivity index (χ3n) is 3.25. The fourth-order valence-corrected chi connectivity index (χ4v) is 2.16. The molecule has 0 heterocycles. The van der Waals surface area contributed by atoms with Crippen molar-refractivity contribution in [2.45, 2.75) is 13.8 Å². The first-order valence-electron chi connectivity index (χ1n) is 6.54. The van der Waals surface area contributed by atoms with Gasteiger partial charge in [0.15, 0.2) is 0 Å². The number of ether oxygens (including phenoxy) is 1. The lowest BCUT2D eigenvalue weighted by atomic mass is 10.1. The van der Waals surface area contributed by atoms with Crippen molar-refractivity contribution < 1.29 is 9.13 Å². The SMILES string of the molecule is CCN(c1ccc(C)cc1)c1cc(OC)c(N)cc1F. The summed E-state index contributed by atoms with van der Waals surface area (Å²) in [6, 6.07) is 10.9. The number of benzene rings is 2. The number of nitrogen functional groups attached to an aromatic ring is 1. The summed E-state index contributed by atoms with van der Waals surface area (Å²) in [7, 11) is 1.52. The summed E-state index contributed by atoms with van der Waals surface area (Å²) in [5.74, 6) is 0.123. The minimum absolute atomic E-state index is 0.300. The molecule has 106 valence electrons. The van der Waals surface area contributed by atoms with Crippen LogP contribution in [-0.4, -0.2) is 13.7 Å². The van der Waals surface area contributed by atoms with Crippen LogP contribution in [0.2, 0.25) is 0 Å². The smallest absolute Gasteiger partial charge is 0.149 e. The van der Waals surface area contributed by atoms with Crippen LogP contribution in [0.15, 0.2) is 36.4 Å². The highest BCUT2D eigenvalue weighted by molar-refractivity contribution is 5.69. The average molecular weight is 274 g/mol. The van der Waals surface area contributed by atoms with Gasteiger partial charge >= 0.3 is 0 Å². The Hall–Kier alpha value is -2.23. The van der Waals surface area contributed by atoms with E-state index in [4.69, 9.17) is 10.5 Å². The van der Waals surface area contributed by atoms with E-state index in [-0.39, 0.29) is 5.82 Å². The number of anilines is 3. The van der Waals surface area contributed by atoms with E-state index in [1.165, 1.54) is 18.7 Å². The predicted molar refractivity (Wildman–Crippen MR) is 81.2 cm³/mol. The zero-order chi connectivity index (χ0) is 14.7. The monoisotopic (exact) mass is 274 g/mol. The Bertz CT molecular complexity index is 596. The average Bonchev–Trinajstić information content (AvgIpc) is 2.43. The Morgan fingerprint density at radius 2 is 1.85 bits per heavy atom. The van der Waals surface area contributed by atoms with Crippen molar-refractivity contribution in [1.29, 1.82) is 0 Å². The fraction of sp³-hybridized carbons (Fsp3) is 0.250. The molecule has 0 radical (unpaired) electrons. The lowest BCUT2D eigenvalue weighted by molar-refractivity contribution is 0.416. The molecule has 2 aromatic rings. The van der Waals surface area contributed by atoms with Gasteiger partial charge in [0.25, 0.3) is 0 Å². The van der Waals surface area contributed by atoms with Gasteiger partial charge in [-0.3, -0.25) is 0 Å². The second-order valence-corrected chi connectivity index (χ2v) is 4.63. The van der Waals surface area contributed by atoms with Gasteiger partial charge in [-0.1, -0.05) is 17.7 Å². The van der Waals surface area contributed by atoms with Gasteiger partial charge in [-0.05, 0) is 26.0 Å². The van der Waals surface area contributed by atoms with E-state index in [0.29, 0.717) is 23.7 Å². The standard InChI is InChI=1S/C16H19FN2O/c1-4-19(12-7-5-11(2)6-8-12)15-10-16(20-3)14(18)9-13(15)17/h5-10H,4,18H2,1-3H3. The van der Waals surface area contributed by atoms with Gasteiger partial charge < -0.3 is 15.4 Å². The molecule has 0 amide bonds. The van der Waals surface area contributed by atoms with E-state index in [2.05, 4.69) is 0 Å².